The van der Waals surface area contributed by atoms with Crippen molar-refractivity contribution in [3.63, 3.8) is 0 Å². The fourth-order valence-corrected chi connectivity index (χ4v) is 4.17. The molecule has 2 aromatic rings. The van der Waals surface area contributed by atoms with Crippen LogP contribution in [0.1, 0.15) is 71.1 Å². The first-order valence-electron chi connectivity index (χ1n) is 11.4. The van der Waals surface area contributed by atoms with Crippen LogP contribution in [0.4, 0.5) is 10.1 Å². The number of hydrogen-bond donors (Lipinski definition) is 0. The predicted molar refractivity (Wildman–Crippen MR) is 122 cm³/mol. The lowest BCUT2D eigenvalue weighted by atomic mass is 9.82. The standard InChI is InChI=1S/C25H36FN3O/c1-6-8-9-14-30-24-22(26)15-19(16-28-24)21-17-27-18(3)20(7-2)23(21)29-12-10-25(4,5)11-13-29/h15-17H,6-14H2,1-5H3. The van der Waals surface area contributed by atoms with Gasteiger partial charge in [0.05, 0.1) is 12.3 Å². The lowest BCUT2D eigenvalue weighted by Crippen LogP contribution is -2.38. The number of hydrogen-bond acceptors (Lipinski definition) is 4. The van der Waals surface area contributed by atoms with Gasteiger partial charge in [0, 0.05) is 42.3 Å². The van der Waals surface area contributed by atoms with Crippen LogP contribution in [0.5, 0.6) is 5.88 Å². The number of rotatable bonds is 8. The highest BCUT2D eigenvalue weighted by Crippen LogP contribution is 2.40. The van der Waals surface area contributed by atoms with Crippen LogP contribution in [0.3, 0.4) is 0 Å². The summed E-state index contributed by atoms with van der Waals surface area (Å²) >= 11 is 0. The monoisotopic (exact) mass is 413 g/mol. The smallest absolute Gasteiger partial charge is 0.250 e. The quantitative estimate of drug-likeness (QED) is 0.473. The van der Waals surface area contributed by atoms with Gasteiger partial charge in [0.2, 0.25) is 5.88 Å². The molecule has 4 nitrogen and oxygen atoms in total. The van der Waals surface area contributed by atoms with Crippen molar-refractivity contribution in [3.8, 4) is 17.0 Å². The second kappa shape index (κ2) is 9.76. The summed E-state index contributed by atoms with van der Waals surface area (Å²) in [6.45, 7) is 13.5. The van der Waals surface area contributed by atoms with E-state index in [1.54, 1.807) is 12.3 Å². The Labute approximate surface area is 180 Å². The molecule has 3 rings (SSSR count). The van der Waals surface area contributed by atoms with E-state index in [-0.39, 0.29) is 5.88 Å². The fraction of sp³-hybridized carbons (Fsp3) is 0.600. The van der Waals surface area contributed by atoms with Crippen LogP contribution >= 0.6 is 0 Å². The molecule has 30 heavy (non-hydrogen) atoms. The number of unbranched alkanes of at least 4 members (excludes halogenated alkanes) is 2. The Kier molecular flexibility index (Phi) is 7.32. The Bertz CT molecular complexity index is 856. The number of aromatic nitrogens is 2. The summed E-state index contributed by atoms with van der Waals surface area (Å²) in [5.41, 5.74) is 5.57. The van der Waals surface area contributed by atoms with Gasteiger partial charge in [-0.15, -0.1) is 0 Å². The van der Waals surface area contributed by atoms with E-state index in [9.17, 15) is 4.39 Å². The Morgan fingerprint density at radius 2 is 1.83 bits per heavy atom. The maximum Gasteiger partial charge on any atom is 0.250 e. The summed E-state index contributed by atoms with van der Waals surface area (Å²) in [6, 6.07) is 1.55. The van der Waals surface area contributed by atoms with E-state index in [0.717, 1.165) is 68.4 Å². The number of pyridine rings is 2. The van der Waals surface area contributed by atoms with Crippen molar-refractivity contribution < 1.29 is 9.13 Å². The molecule has 0 amide bonds. The molecule has 0 atom stereocenters. The van der Waals surface area contributed by atoms with Gasteiger partial charge < -0.3 is 9.64 Å². The Morgan fingerprint density at radius 1 is 1.10 bits per heavy atom. The van der Waals surface area contributed by atoms with Gasteiger partial charge in [-0.25, -0.2) is 9.37 Å². The molecule has 1 aliphatic rings. The maximum absolute atomic E-state index is 14.8. The van der Waals surface area contributed by atoms with Gasteiger partial charge in [0.1, 0.15) is 0 Å². The van der Waals surface area contributed by atoms with E-state index in [2.05, 4.69) is 49.5 Å². The summed E-state index contributed by atoms with van der Waals surface area (Å²) < 4.78 is 20.3. The van der Waals surface area contributed by atoms with Gasteiger partial charge in [-0.3, -0.25) is 4.98 Å². The molecule has 1 saturated heterocycles. The average Bonchev–Trinajstić information content (AvgIpc) is 2.72. The molecule has 1 fully saturated rings. The SMILES string of the molecule is CCCCCOc1ncc(-c2cnc(C)c(CC)c2N2CCC(C)(C)CC2)cc1F. The average molecular weight is 414 g/mol. The van der Waals surface area contributed by atoms with E-state index in [4.69, 9.17) is 4.74 Å². The lowest BCUT2D eigenvalue weighted by Gasteiger charge is -2.40. The first-order valence-corrected chi connectivity index (χ1v) is 11.4. The molecule has 0 radical (unpaired) electrons. The second-order valence-corrected chi connectivity index (χ2v) is 9.16. The Morgan fingerprint density at radius 3 is 2.47 bits per heavy atom. The van der Waals surface area contributed by atoms with Gasteiger partial charge in [0.25, 0.3) is 0 Å². The Hall–Kier alpha value is -2.17. The molecule has 0 aliphatic carbocycles. The van der Waals surface area contributed by atoms with Crippen LogP contribution in [0.25, 0.3) is 11.1 Å². The molecule has 3 heterocycles. The molecular formula is C25H36FN3O. The maximum atomic E-state index is 14.8. The summed E-state index contributed by atoms with van der Waals surface area (Å²) in [6.07, 6.45) is 9.89. The van der Waals surface area contributed by atoms with E-state index in [1.807, 2.05) is 6.20 Å². The molecule has 164 valence electrons. The van der Waals surface area contributed by atoms with Crippen LogP contribution in [0.15, 0.2) is 18.5 Å². The molecule has 5 heteroatoms. The van der Waals surface area contributed by atoms with Gasteiger partial charge in [-0.1, -0.05) is 40.5 Å². The number of anilines is 1. The number of piperidine rings is 1. The van der Waals surface area contributed by atoms with Crippen molar-refractivity contribution in [1.29, 1.82) is 0 Å². The molecule has 0 spiro atoms. The third-order valence-corrected chi connectivity index (χ3v) is 6.26. The third-order valence-electron chi connectivity index (χ3n) is 6.26. The van der Waals surface area contributed by atoms with Gasteiger partial charge in [0.15, 0.2) is 5.82 Å². The van der Waals surface area contributed by atoms with E-state index < -0.39 is 5.82 Å². The highest BCUT2D eigenvalue weighted by Gasteiger charge is 2.28. The minimum atomic E-state index is -0.409. The Balaban J connectivity index is 1.93. The first-order chi connectivity index (χ1) is 14.4. The van der Waals surface area contributed by atoms with Crippen LogP contribution in [-0.4, -0.2) is 29.7 Å². The summed E-state index contributed by atoms with van der Waals surface area (Å²) in [7, 11) is 0. The first kappa shape index (κ1) is 22.5. The van der Waals surface area contributed by atoms with Crippen molar-refractivity contribution in [1.82, 2.24) is 9.97 Å². The van der Waals surface area contributed by atoms with Gasteiger partial charge >= 0.3 is 0 Å². The predicted octanol–water partition coefficient (Wildman–Crippen LogP) is 6.35. The van der Waals surface area contributed by atoms with Crippen LogP contribution in [0, 0.1) is 18.2 Å². The second-order valence-electron chi connectivity index (χ2n) is 9.16. The third kappa shape index (κ3) is 5.11. The van der Waals surface area contributed by atoms with Crippen LogP contribution in [0.2, 0.25) is 0 Å². The van der Waals surface area contributed by atoms with Crippen molar-refractivity contribution in [2.45, 2.75) is 73.1 Å². The summed E-state index contributed by atoms with van der Waals surface area (Å²) in [4.78, 5) is 11.4. The summed E-state index contributed by atoms with van der Waals surface area (Å²) in [5, 5.41) is 0. The number of aryl methyl sites for hydroxylation is 1. The van der Waals surface area contributed by atoms with E-state index in [0.29, 0.717) is 12.0 Å². The molecule has 0 bridgehead atoms. The largest absolute Gasteiger partial charge is 0.476 e. The number of nitrogens with zero attached hydrogens (tertiary/aromatic N) is 3. The normalized spacial score (nSPS) is 16.0. The van der Waals surface area contributed by atoms with E-state index in [1.165, 1.54) is 11.3 Å². The van der Waals surface area contributed by atoms with Crippen molar-refractivity contribution in [3.05, 3.63) is 35.5 Å². The molecule has 0 aromatic carbocycles. The highest BCUT2D eigenvalue weighted by atomic mass is 19.1. The molecule has 0 unspecified atom stereocenters. The van der Waals surface area contributed by atoms with Gasteiger partial charge in [-0.05, 0) is 49.7 Å². The van der Waals surface area contributed by atoms with Crippen LogP contribution < -0.4 is 9.64 Å². The molecular weight excluding hydrogens is 377 g/mol. The zero-order chi connectivity index (χ0) is 21.7. The van der Waals surface area contributed by atoms with Gasteiger partial charge in [-0.2, -0.15) is 0 Å². The summed E-state index contributed by atoms with van der Waals surface area (Å²) in [5.74, 6) is -0.319. The van der Waals surface area contributed by atoms with Crippen molar-refractivity contribution in [2.75, 3.05) is 24.6 Å². The number of ether oxygens (including phenoxy) is 1. The molecule has 0 N–H and O–H groups in total. The van der Waals surface area contributed by atoms with E-state index >= 15 is 0 Å². The molecule has 2 aromatic heterocycles. The fourth-order valence-electron chi connectivity index (χ4n) is 4.17. The number of halogens is 1. The topological polar surface area (TPSA) is 38.3 Å². The lowest BCUT2D eigenvalue weighted by molar-refractivity contribution is 0.279. The minimum absolute atomic E-state index is 0.0897. The highest BCUT2D eigenvalue weighted by molar-refractivity contribution is 5.81. The van der Waals surface area contributed by atoms with Crippen molar-refractivity contribution >= 4 is 5.69 Å². The minimum Gasteiger partial charge on any atom is -0.476 e. The van der Waals surface area contributed by atoms with Crippen LogP contribution in [-0.2, 0) is 6.42 Å². The van der Waals surface area contributed by atoms with Crippen molar-refractivity contribution in [2.24, 2.45) is 5.41 Å². The molecule has 0 saturated carbocycles. The zero-order valence-electron chi connectivity index (χ0n) is 19.2. The molecule has 1 aliphatic heterocycles. The zero-order valence-corrected chi connectivity index (χ0v) is 19.2.